The smallest absolute Gasteiger partial charge is 0.311 e. The summed E-state index contributed by atoms with van der Waals surface area (Å²) in [6.45, 7) is 4.78. The van der Waals surface area contributed by atoms with Crippen molar-refractivity contribution in [3.8, 4) is 0 Å². The van der Waals surface area contributed by atoms with Gasteiger partial charge in [0.2, 0.25) is 5.91 Å². The number of carboxylic acid groups (broad SMARTS) is 1. The van der Waals surface area contributed by atoms with E-state index in [1.54, 1.807) is 4.90 Å². The fourth-order valence-electron chi connectivity index (χ4n) is 2.69. The summed E-state index contributed by atoms with van der Waals surface area (Å²) >= 11 is 0. The van der Waals surface area contributed by atoms with E-state index < -0.39 is 17.4 Å². The normalized spacial score (nSPS) is 25.8. The summed E-state index contributed by atoms with van der Waals surface area (Å²) in [6.07, 6.45) is 3.42. The summed E-state index contributed by atoms with van der Waals surface area (Å²) in [5.74, 6) is -0.897. The fraction of sp³-hybridized carbons (Fsp3) is 0.846. The Kier molecular flexibility index (Phi) is 5.14. The zero-order valence-corrected chi connectivity index (χ0v) is 11.3. The highest BCUT2D eigenvalue weighted by Gasteiger charge is 2.43. The summed E-state index contributed by atoms with van der Waals surface area (Å²) in [5.41, 5.74) is 4.98. The Balaban J connectivity index is 2.81. The Hall–Kier alpha value is -1.10. The summed E-state index contributed by atoms with van der Waals surface area (Å²) < 4.78 is 0. The molecule has 0 aromatic carbocycles. The van der Waals surface area contributed by atoms with Crippen LogP contribution in [0, 0.1) is 5.41 Å². The molecule has 1 rings (SSSR count). The first-order valence-corrected chi connectivity index (χ1v) is 6.74. The van der Waals surface area contributed by atoms with Crippen LogP contribution in [0.25, 0.3) is 0 Å². The first-order chi connectivity index (χ1) is 8.46. The molecule has 1 unspecified atom stereocenters. The Labute approximate surface area is 108 Å². The zero-order valence-electron chi connectivity index (χ0n) is 11.3. The van der Waals surface area contributed by atoms with Crippen LogP contribution in [0.3, 0.4) is 0 Å². The molecule has 1 fully saturated rings. The molecule has 1 saturated heterocycles. The van der Waals surface area contributed by atoms with Gasteiger partial charge in [0.1, 0.15) is 0 Å². The van der Waals surface area contributed by atoms with E-state index in [1.165, 1.54) is 0 Å². The van der Waals surface area contributed by atoms with Gasteiger partial charge >= 0.3 is 5.97 Å². The highest BCUT2D eigenvalue weighted by molar-refractivity contribution is 5.83. The van der Waals surface area contributed by atoms with Gasteiger partial charge in [0.25, 0.3) is 0 Å². The molecule has 0 radical (unpaired) electrons. The van der Waals surface area contributed by atoms with Gasteiger partial charge in [0, 0.05) is 13.1 Å². The maximum absolute atomic E-state index is 12.1. The molecule has 3 N–H and O–H groups in total. The average molecular weight is 256 g/mol. The van der Waals surface area contributed by atoms with Crippen LogP contribution in [-0.2, 0) is 9.59 Å². The van der Waals surface area contributed by atoms with Gasteiger partial charge in [0.05, 0.1) is 11.5 Å². The van der Waals surface area contributed by atoms with Crippen LogP contribution < -0.4 is 5.73 Å². The molecule has 5 nitrogen and oxygen atoms in total. The molecule has 1 heterocycles. The van der Waals surface area contributed by atoms with Crippen molar-refractivity contribution in [3.05, 3.63) is 0 Å². The molecule has 1 aliphatic rings. The second-order valence-electron chi connectivity index (χ2n) is 5.21. The van der Waals surface area contributed by atoms with Gasteiger partial charge in [-0.15, -0.1) is 0 Å². The molecule has 2 atom stereocenters. The first-order valence-electron chi connectivity index (χ1n) is 6.74. The highest BCUT2D eigenvalue weighted by atomic mass is 16.4. The molecule has 0 aromatic rings. The molecule has 0 saturated carbocycles. The number of amides is 1. The van der Waals surface area contributed by atoms with Gasteiger partial charge < -0.3 is 15.7 Å². The third-order valence-electron chi connectivity index (χ3n) is 3.83. The van der Waals surface area contributed by atoms with Crippen molar-refractivity contribution in [3.63, 3.8) is 0 Å². The van der Waals surface area contributed by atoms with E-state index in [0.29, 0.717) is 32.4 Å². The maximum Gasteiger partial charge on any atom is 0.311 e. The number of aliphatic carboxylic acids is 1. The monoisotopic (exact) mass is 256 g/mol. The van der Waals surface area contributed by atoms with Crippen molar-refractivity contribution in [1.29, 1.82) is 0 Å². The first kappa shape index (κ1) is 15.0. The number of carbonyl (C=O) groups is 2. The van der Waals surface area contributed by atoms with Gasteiger partial charge in [-0.25, -0.2) is 0 Å². The second kappa shape index (κ2) is 6.18. The van der Waals surface area contributed by atoms with Crippen LogP contribution in [0.2, 0.25) is 0 Å². The molecule has 5 heteroatoms. The Bertz CT molecular complexity index is 315. The average Bonchev–Trinajstić information content (AvgIpc) is 2.37. The molecule has 1 amide bonds. The molecule has 1 aliphatic heterocycles. The van der Waals surface area contributed by atoms with Crippen LogP contribution in [0.4, 0.5) is 0 Å². The van der Waals surface area contributed by atoms with Crippen LogP contribution in [0.5, 0.6) is 0 Å². The largest absolute Gasteiger partial charge is 0.481 e. The molecule has 18 heavy (non-hydrogen) atoms. The van der Waals surface area contributed by atoms with Crippen LogP contribution in [-0.4, -0.2) is 41.0 Å². The van der Waals surface area contributed by atoms with Crippen molar-refractivity contribution < 1.29 is 14.7 Å². The lowest BCUT2D eigenvalue weighted by Crippen LogP contribution is -2.53. The van der Waals surface area contributed by atoms with Gasteiger partial charge in [-0.1, -0.05) is 20.3 Å². The van der Waals surface area contributed by atoms with E-state index in [2.05, 4.69) is 0 Å². The second-order valence-corrected chi connectivity index (χ2v) is 5.21. The predicted octanol–water partition coefficient (Wildman–Crippen LogP) is 1.22. The van der Waals surface area contributed by atoms with Gasteiger partial charge in [-0.05, 0) is 25.7 Å². The van der Waals surface area contributed by atoms with Crippen molar-refractivity contribution >= 4 is 11.9 Å². The minimum Gasteiger partial charge on any atom is -0.481 e. The molecule has 104 valence electrons. The summed E-state index contributed by atoms with van der Waals surface area (Å²) in [4.78, 5) is 25.2. The van der Waals surface area contributed by atoms with Crippen molar-refractivity contribution in [2.24, 2.45) is 11.1 Å². The lowest BCUT2D eigenvalue weighted by molar-refractivity contribution is -0.155. The van der Waals surface area contributed by atoms with E-state index in [-0.39, 0.29) is 5.91 Å². The number of likely N-dealkylation sites (tertiary alicyclic amines) is 1. The zero-order chi connectivity index (χ0) is 13.8. The van der Waals surface area contributed by atoms with Crippen LogP contribution in [0.15, 0.2) is 0 Å². The third-order valence-corrected chi connectivity index (χ3v) is 3.83. The summed E-state index contributed by atoms with van der Waals surface area (Å²) in [7, 11) is 0. The number of piperidine rings is 1. The molecular formula is C13H24N2O3. The van der Waals surface area contributed by atoms with Crippen molar-refractivity contribution in [1.82, 2.24) is 4.90 Å². The number of rotatable bonds is 5. The molecule has 0 aliphatic carbocycles. The van der Waals surface area contributed by atoms with Crippen LogP contribution >= 0.6 is 0 Å². The number of nitrogens with two attached hydrogens (primary N) is 1. The Morgan fingerprint density at radius 2 is 2.11 bits per heavy atom. The van der Waals surface area contributed by atoms with Crippen LogP contribution in [0.1, 0.15) is 46.0 Å². The summed E-state index contributed by atoms with van der Waals surface area (Å²) in [6, 6.07) is -0.503. The van der Waals surface area contributed by atoms with E-state index in [4.69, 9.17) is 5.73 Å². The van der Waals surface area contributed by atoms with Crippen molar-refractivity contribution in [2.75, 3.05) is 13.1 Å². The fourth-order valence-corrected chi connectivity index (χ4v) is 2.69. The Morgan fingerprint density at radius 3 is 2.61 bits per heavy atom. The minimum atomic E-state index is -0.785. The number of hydrogen-bond donors (Lipinski definition) is 2. The van der Waals surface area contributed by atoms with Gasteiger partial charge in [0.15, 0.2) is 0 Å². The minimum absolute atomic E-state index is 0.112. The topological polar surface area (TPSA) is 83.6 Å². The SMILES string of the molecule is CCCC1(C(=O)O)CCCN(C(=O)[C@@H](N)CC)C1. The number of nitrogens with zero attached hydrogens (tertiary/aromatic N) is 1. The maximum atomic E-state index is 12.1. The van der Waals surface area contributed by atoms with E-state index in [9.17, 15) is 14.7 Å². The lowest BCUT2D eigenvalue weighted by Gasteiger charge is -2.40. The molecule has 0 bridgehead atoms. The number of carboxylic acids is 1. The highest BCUT2D eigenvalue weighted by Crippen LogP contribution is 2.35. The quantitative estimate of drug-likeness (QED) is 0.774. The van der Waals surface area contributed by atoms with Gasteiger partial charge in [-0.3, -0.25) is 9.59 Å². The lowest BCUT2D eigenvalue weighted by atomic mass is 9.76. The predicted molar refractivity (Wildman–Crippen MR) is 69.1 cm³/mol. The summed E-state index contributed by atoms with van der Waals surface area (Å²) in [5, 5.41) is 9.45. The molecule has 0 spiro atoms. The van der Waals surface area contributed by atoms with Gasteiger partial charge in [-0.2, -0.15) is 0 Å². The molecule has 0 aromatic heterocycles. The van der Waals surface area contributed by atoms with Crippen molar-refractivity contribution in [2.45, 2.75) is 52.0 Å². The molecular weight excluding hydrogens is 232 g/mol. The Morgan fingerprint density at radius 1 is 1.44 bits per heavy atom. The number of hydrogen-bond acceptors (Lipinski definition) is 3. The number of carbonyl (C=O) groups excluding carboxylic acids is 1. The standard InChI is InChI=1S/C13H24N2O3/c1-3-6-13(12(17)18)7-5-8-15(9-13)11(16)10(14)4-2/h10H,3-9,14H2,1-2H3,(H,17,18)/t10-,13?/m0/s1. The van der Waals surface area contributed by atoms with E-state index in [0.717, 1.165) is 12.8 Å². The van der Waals surface area contributed by atoms with E-state index >= 15 is 0 Å². The van der Waals surface area contributed by atoms with E-state index in [1.807, 2.05) is 13.8 Å². The third kappa shape index (κ3) is 3.02.